The van der Waals surface area contributed by atoms with Crippen LogP contribution in [0.5, 0.6) is 11.6 Å². The van der Waals surface area contributed by atoms with E-state index in [1.54, 1.807) is 44.2 Å². The third-order valence-electron chi connectivity index (χ3n) is 11.4. The van der Waals surface area contributed by atoms with Crippen LogP contribution in [0.2, 0.25) is 0 Å². The molecule has 1 aliphatic heterocycles. The van der Waals surface area contributed by atoms with Crippen molar-refractivity contribution < 1.29 is 55.0 Å². The van der Waals surface area contributed by atoms with E-state index in [-0.39, 0.29) is 38.1 Å². The molecule has 3 N–H and O–H groups in total. The molecule has 1 aromatic carbocycles. The first-order valence-corrected chi connectivity index (χ1v) is 21.0. The number of rotatable bonds is 18. The third kappa shape index (κ3) is 9.31. The number of amides is 4. The SMILES string of the molecule is CCCCC=CC1CC1(NC(=O)C1CC(Oc2nccc3cc(OC)ccc23)CN1C(=O)C(NC(=O)OC(C)(C)C(C)(F)F)C(C)C)C(=O)NS(=O)(=O)C1(CF)CC1. The number of fused-ring (bicyclic) bond motifs is 1. The number of ether oxygens (including phenoxy) is 3. The predicted octanol–water partition coefficient (Wildman–Crippen LogP) is 5.35. The number of nitrogens with one attached hydrogen (secondary N) is 3. The van der Waals surface area contributed by atoms with Crippen molar-refractivity contribution in [2.24, 2.45) is 11.8 Å². The van der Waals surface area contributed by atoms with Gasteiger partial charge < -0.3 is 29.7 Å². The number of allylic oxidation sites excluding steroid dienone is 1. The highest BCUT2D eigenvalue weighted by molar-refractivity contribution is 7.91. The standard InChI is InChI=1S/C40H54F3N5O9S/c1-8-9-10-11-12-26-21-40(26,35(51)47-58(53,54)39(23-41)16-17-39)46-32(49)30-20-28(56-33-29-14-13-27(55-7)19-25(29)15-18-44-33)22-48(30)34(50)31(24(2)3)45-36(52)57-37(4,5)38(6,42)43/h11-15,18-19,24,26,28,30-31H,8-10,16-17,20-23H2,1-7H3,(H,45,52)(H,46,49)(H,47,51). The van der Waals surface area contributed by atoms with Crippen LogP contribution >= 0.6 is 0 Å². The highest BCUT2D eigenvalue weighted by Crippen LogP contribution is 2.48. The number of carbonyl (C=O) groups is 4. The second-order valence-corrected chi connectivity index (χ2v) is 18.5. The second-order valence-electron chi connectivity index (χ2n) is 16.4. The van der Waals surface area contributed by atoms with Gasteiger partial charge in [-0.25, -0.2) is 31.4 Å². The minimum absolute atomic E-state index is 0.0369. The fraction of sp³-hybridized carbons (Fsp3) is 0.625. The van der Waals surface area contributed by atoms with Gasteiger partial charge in [0.25, 0.3) is 11.8 Å². The molecule has 2 aromatic rings. The lowest BCUT2D eigenvalue weighted by molar-refractivity contribution is -0.151. The Morgan fingerprint density at radius 1 is 1.12 bits per heavy atom. The summed E-state index contributed by atoms with van der Waals surface area (Å²) in [4.78, 5) is 61.3. The molecule has 5 rings (SSSR count). The number of halogens is 3. The number of aromatic nitrogens is 1. The van der Waals surface area contributed by atoms with Gasteiger partial charge in [0.15, 0.2) is 5.60 Å². The number of hydrogen-bond donors (Lipinski definition) is 3. The minimum atomic E-state index is -4.44. The molecule has 2 aliphatic carbocycles. The van der Waals surface area contributed by atoms with Gasteiger partial charge in [-0.2, -0.15) is 0 Å². The lowest BCUT2D eigenvalue weighted by Crippen LogP contribution is -2.59. The van der Waals surface area contributed by atoms with E-state index < -0.39 is 92.3 Å². The maximum Gasteiger partial charge on any atom is 0.408 e. The number of alkyl halides is 3. The van der Waals surface area contributed by atoms with Crippen molar-refractivity contribution in [2.75, 3.05) is 20.3 Å². The number of alkyl carbamates (subject to hydrolysis) is 1. The number of nitrogens with zero attached hydrogens (tertiary/aromatic N) is 2. The van der Waals surface area contributed by atoms with Gasteiger partial charge in [-0.15, -0.1) is 0 Å². The van der Waals surface area contributed by atoms with Crippen molar-refractivity contribution in [3.05, 3.63) is 42.6 Å². The van der Waals surface area contributed by atoms with E-state index in [9.17, 15) is 40.8 Å². The van der Waals surface area contributed by atoms with Gasteiger partial charge in [-0.05, 0) is 75.1 Å². The molecule has 0 radical (unpaired) electrons. The zero-order valence-electron chi connectivity index (χ0n) is 33.9. The summed E-state index contributed by atoms with van der Waals surface area (Å²) in [6.45, 7) is 6.52. The van der Waals surface area contributed by atoms with Crippen LogP contribution in [0.25, 0.3) is 10.8 Å². The molecular formula is C40H54F3N5O9S. The molecular weight excluding hydrogens is 784 g/mol. The summed E-state index contributed by atoms with van der Waals surface area (Å²) in [6.07, 6.45) is 5.43. The molecule has 320 valence electrons. The normalized spacial score (nSPS) is 23.4. The van der Waals surface area contributed by atoms with E-state index in [1.165, 1.54) is 18.2 Å². The zero-order valence-corrected chi connectivity index (χ0v) is 34.7. The van der Waals surface area contributed by atoms with Crippen molar-refractivity contribution in [3.63, 3.8) is 0 Å². The maximum absolute atomic E-state index is 14.5. The summed E-state index contributed by atoms with van der Waals surface area (Å²) in [6, 6.07) is 4.32. The van der Waals surface area contributed by atoms with Crippen LogP contribution < -0.4 is 24.8 Å². The van der Waals surface area contributed by atoms with E-state index in [2.05, 4.69) is 15.6 Å². The molecule has 58 heavy (non-hydrogen) atoms. The van der Waals surface area contributed by atoms with Crippen LogP contribution in [0, 0.1) is 11.8 Å². The highest BCUT2D eigenvalue weighted by Gasteiger charge is 2.64. The molecule has 18 heteroatoms. The van der Waals surface area contributed by atoms with Crippen LogP contribution in [-0.4, -0.2) is 102 Å². The minimum Gasteiger partial charge on any atom is -0.497 e. The first-order chi connectivity index (χ1) is 27.1. The van der Waals surface area contributed by atoms with Crippen LogP contribution in [0.4, 0.5) is 18.0 Å². The number of pyridine rings is 1. The Bertz CT molecular complexity index is 2020. The molecule has 0 spiro atoms. The topological polar surface area (TPSA) is 182 Å². The van der Waals surface area contributed by atoms with Crippen LogP contribution in [0.3, 0.4) is 0 Å². The van der Waals surface area contributed by atoms with Crippen LogP contribution in [0.1, 0.15) is 86.5 Å². The number of methoxy groups -OCH3 is 1. The molecule has 14 nitrogen and oxygen atoms in total. The van der Waals surface area contributed by atoms with Crippen molar-refractivity contribution in [1.29, 1.82) is 0 Å². The average molecular weight is 838 g/mol. The molecule has 3 aliphatic rings. The zero-order chi connectivity index (χ0) is 42.8. The van der Waals surface area contributed by atoms with Crippen molar-refractivity contribution in [1.82, 2.24) is 25.2 Å². The fourth-order valence-corrected chi connectivity index (χ4v) is 8.28. The fourth-order valence-electron chi connectivity index (χ4n) is 6.85. The van der Waals surface area contributed by atoms with E-state index in [4.69, 9.17) is 14.2 Å². The van der Waals surface area contributed by atoms with E-state index >= 15 is 0 Å². The second kappa shape index (κ2) is 16.9. The highest BCUT2D eigenvalue weighted by atomic mass is 32.2. The lowest BCUT2D eigenvalue weighted by atomic mass is 10.0. The molecule has 3 fully saturated rings. The van der Waals surface area contributed by atoms with Gasteiger partial charge in [0, 0.05) is 30.8 Å². The maximum atomic E-state index is 14.5. The molecule has 0 bridgehead atoms. The van der Waals surface area contributed by atoms with Gasteiger partial charge in [0.05, 0.1) is 13.7 Å². The summed E-state index contributed by atoms with van der Waals surface area (Å²) in [5, 5.41) is 6.50. The van der Waals surface area contributed by atoms with E-state index in [1.807, 2.05) is 17.7 Å². The third-order valence-corrected chi connectivity index (χ3v) is 13.5. The first kappa shape index (κ1) is 44.5. The number of likely N-dealkylation sites (tertiary alicyclic amines) is 1. The quantitative estimate of drug-likeness (QED) is 0.131. The summed E-state index contributed by atoms with van der Waals surface area (Å²) in [7, 11) is -2.91. The Morgan fingerprint density at radius 3 is 2.43 bits per heavy atom. The van der Waals surface area contributed by atoms with Crippen molar-refractivity contribution in [2.45, 2.75) is 126 Å². The first-order valence-electron chi connectivity index (χ1n) is 19.5. The Morgan fingerprint density at radius 2 is 1.83 bits per heavy atom. The van der Waals surface area contributed by atoms with Crippen molar-refractivity contribution >= 4 is 44.6 Å². The predicted molar refractivity (Wildman–Crippen MR) is 208 cm³/mol. The molecule has 1 saturated heterocycles. The Hall–Kier alpha value is -4.61. The van der Waals surface area contributed by atoms with Crippen LogP contribution in [-0.2, 0) is 29.1 Å². The molecule has 2 heterocycles. The number of unbranched alkanes of at least 4 members (excludes halogenated alkanes) is 2. The number of sulfonamides is 1. The summed E-state index contributed by atoms with van der Waals surface area (Å²) < 4.78 is 85.7. The molecule has 1 aromatic heterocycles. The monoisotopic (exact) mass is 837 g/mol. The van der Waals surface area contributed by atoms with Crippen LogP contribution in [0.15, 0.2) is 42.6 Å². The van der Waals surface area contributed by atoms with Gasteiger partial charge in [0.1, 0.15) is 40.9 Å². The number of benzene rings is 1. The van der Waals surface area contributed by atoms with Crippen molar-refractivity contribution in [3.8, 4) is 11.6 Å². The number of carbonyl (C=O) groups excluding carboxylic acids is 4. The largest absolute Gasteiger partial charge is 0.497 e. The molecule has 2 saturated carbocycles. The van der Waals surface area contributed by atoms with Gasteiger partial charge in [-0.1, -0.05) is 45.8 Å². The van der Waals surface area contributed by atoms with E-state index in [0.717, 1.165) is 32.1 Å². The smallest absolute Gasteiger partial charge is 0.408 e. The molecule has 4 amide bonds. The Labute approximate surface area is 337 Å². The summed E-state index contributed by atoms with van der Waals surface area (Å²) in [5.74, 6) is -6.47. The Balaban J connectivity index is 1.46. The summed E-state index contributed by atoms with van der Waals surface area (Å²) >= 11 is 0. The number of hydrogen-bond acceptors (Lipinski definition) is 10. The lowest BCUT2D eigenvalue weighted by Gasteiger charge is -2.34. The Kier molecular flexibility index (Phi) is 13.0. The molecule has 5 atom stereocenters. The summed E-state index contributed by atoms with van der Waals surface area (Å²) in [5.41, 5.74) is -3.97. The van der Waals surface area contributed by atoms with E-state index in [0.29, 0.717) is 24.5 Å². The molecule has 5 unspecified atom stereocenters. The van der Waals surface area contributed by atoms with Gasteiger partial charge in [0.2, 0.25) is 27.7 Å². The van der Waals surface area contributed by atoms with Gasteiger partial charge in [-0.3, -0.25) is 19.1 Å². The van der Waals surface area contributed by atoms with Gasteiger partial charge >= 0.3 is 6.09 Å². The average Bonchev–Trinajstić information content (AvgIpc) is 4.06.